The average Bonchev–Trinajstić information content (AvgIpc) is 4.08. The van der Waals surface area contributed by atoms with Crippen molar-refractivity contribution in [2.24, 2.45) is 11.8 Å². The Balaban J connectivity index is 0.000000156. The first-order chi connectivity index (χ1) is 30.3. The lowest BCUT2D eigenvalue weighted by molar-refractivity contribution is 0.126. The molecule has 0 bridgehead atoms. The highest BCUT2D eigenvalue weighted by Crippen LogP contribution is 2.38. The lowest BCUT2D eigenvalue weighted by atomic mass is 9.93. The highest BCUT2D eigenvalue weighted by molar-refractivity contribution is 6.30. The summed E-state index contributed by atoms with van der Waals surface area (Å²) in [6.45, 7) is 3.58. The van der Waals surface area contributed by atoms with Gasteiger partial charge in [0.15, 0.2) is 34.7 Å². The zero-order valence-corrected chi connectivity index (χ0v) is 35.8. The number of nitrogens with one attached hydrogen (secondary N) is 3. The largest absolute Gasteiger partial charge is 0.452 e. The van der Waals surface area contributed by atoms with E-state index in [0.29, 0.717) is 80.7 Å². The zero-order chi connectivity index (χ0) is 43.5. The number of benzene rings is 3. The lowest BCUT2D eigenvalue weighted by Gasteiger charge is -2.27. The fraction of sp³-hybridized carbons (Fsp3) is 0.333. The van der Waals surface area contributed by atoms with Crippen LogP contribution in [-0.2, 0) is 6.42 Å². The predicted molar refractivity (Wildman–Crippen MR) is 240 cm³/mol. The molecular weight excluding hydrogens is 833 g/mol. The summed E-state index contributed by atoms with van der Waals surface area (Å²) in [5, 5.41) is 38.4. The van der Waals surface area contributed by atoms with Crippen molar-refractivity contribution in [2.75, 3.05) is 42.3 Å². The minimum Gasteiger partial charge on any atom is -0.452 e. The number of aliphatic hydroxyl groups is 3. The molecule has 8 rings (SSSR count). The van der Waals surface area contributed by atoms with Crippen LogP contribution in [-0.4, -0.2) is 83.7 Å². The monoisotopic (exact) mass is 883 g/mol. The summed E-state index contributed by atoms with van der Waals surface area (Å²) in [6.07, 6.45) is 14.7. The van der Waals surface area contributed by atoms with E-state index in [4.69, 9.17) is 47.6 Å². The van der Waals surface area contributed by atoms with Gasteiger partial charge in [0.05, 0.1) is 31.3 Å². The molecule has 2 fully saturated rings. The van der Waals surface area contributed by atoms with Crippen molar-refractivity contribution in [3.05, 3.63) is 126 Å². The van der Waals surface area contributed by atoms with Gasteiger partial charge in [0, 0.05) is 35.8 Å². The van der Waals surface area contributed by atoms with Gasteiger partial charge in [-0.1, -0.05) is 42.3 Å². The third kappa shape index (κ3) is 14.7. The molecule has 2 atom stereocenters. The van der Waals surface area contributed by atoms with E-state index in [2.05, 4.69) is 64.9 Å². The van der Waals surface area contributed by atoms with Crippen LogP contribution in [0.2, 0.25) is 10.0 Å². The summed E-state index contributed by atoms with van der Waals surface area (Å²) < 4.78 is 17.3. The van der Waals surface area contributed by atoms with Gasteiger partial charge in [0.25, 0.3) is 0 Å². The van der Waals surface area contributed by atoms with E-state index in [1.165, 1.54) is 24.5 Å². The van der Waals surface area contributed by atoms with E-state index in [1.807, 2.05) is 12.1 Å². The Morgan fingerprint density at radius 1 is 0.613 bits per heavy atom. The van der Waals surface area contributed by atoms with E-state index < -0.39 is 0 Å². The molecule has 0 spiro atoms. The highest BCUT2D eigenvalue weighted by atomic mass is 35.5. The Labute approximate surface area is 370 Å². The Morgan fingerprint density at radius 2 is 1.08 bits per heavy atom. The molecule has 0 amide bonds. The minimum atomic E-state index is -0.161. The second-order valence-electron chi connectivity index (χ2n) is 14.5. The van der Waals surface area contributed by atoms with Gasteiger partial charge in [0.1, 0.15) is 36.2 Å². The van der Waals surface area contributed by atoms with Gasteiger partial charge in [0.2, 0.25) is 0 Å². The van der Waals surface area contributed by atoms with Gasteiger partial charge in [-0.25, -0.2) is 29.9 Å². The molecule has 0 radical (unpaired) electrons. The van der Waals surface area contributed by atoms with E-state index in [-0.39, 0.29) is 19.3 Å². The molecule has 0 saturated heterocycles. The molecule has 2 aliphatic rings. The molecule has 2 saturated carbocycles. The van der Waals surface area contributed by atoms with E-state index in [0.717, 1.165) is 50.8 Å². The molecule has 6 aromatic rings. The van der Waals surface area contributed by atoms with Crippen molar-refractivity contribution in [3.63, 3.8) is 0 Å². The van der Waals surface area contributed by atoms with Gasteiger partial charge in [-0.05, 0) is 117 Å². The van der Waals surface area contributed by atoms with E-state index >= 15 is 0 Å². The zero-order valence-electron chi connectivity index (χ0n) is 34.3. The summed E-state index contributed by atoms with van der Waals surface area (Å²) in [7, 11) is 0. The van der Waals surface area contributed by atoms with Crippen LogP contribution in [0, 0.1) is 11.8 Å². The molecular formula is C45H51Cl2N9O6. The maximum absolute atomic E-state index is 9.61. The molecule has 6 N–H and O–H groups in total. The summed E-state index contributed by atoms with van der Waals surface area (Å²) in [6, 6.07) is 22.5. The van der Waals surface area contributed by atoms with Crippen molar-refractivity contribution >= 4 is 40.7 Å². The molecule has 2 aliphatic carbocycles. The number of anilines is 3. The number of hydrogen-bond donors (Lipinski definition) is 6. The van der Waals surface area contributed by atoms with Crippen LogP contribution in [0.15, 0.2) is 110 Å². The SMILES string of the molecule is CCc1ccc(Oc2cncnc2N[C@H]2CC[C@H](O)CC2)cc1.OCCNc1ncncc1Oc1ccc(Cl)cc1.OC[C@@H]1C[C@H]1CNc1ncncc1Oc1ccc(Cl)cc1. The summed E-state index contributed by atoms with van der Waals surface area (Å²) >= 11 is 11.6. The Morgan fingerprint density at radius 3 is 1.55 bits per heavy atom. The number of aromatic nitrogens is 6. The minimum absolute atomic E-state index is 0.0182. The normalized spacial score (nSPS) is 17.5. The molecule has 17 heteroatoms. The first kappa shape index (κ1) is 45.7. The molecule has 0 aliphatic heterocycles. The Kier molecular flexibility index (Phi) is 17.7. The quantitative estimate of drug-likeness (QED) is 0.0538. The van der Waals surface area contributed by atoms with Crippen LogP contribution in [0.3, 0.4) is 0 Å². The standard InChI is InChI=1S/C18H23N3O2.C15H16ClN3O2.C12H12ClN3O2/c1-2-13-3-9-16(10-4-13)23-17-11-19-12-20-18(17)21-14-5-7-15(22)8-6-14;16-12-1-3-13(4-2-12)21-14-7-17-9-19-15(14)18-6-10-5-11(10)8-20;13-9-1-3-10(4-2-9)18-11-7-14-8-16-12(11)15-5-6-17/h3-4,9-12,14-15,22H,2,5-8H2,1H3,(H,19,20,21);1-4,7,9-11,20H,5-6,8H2,(H,17,18,19);1-4,7-8,17H,5-6H2,(H,14,15,16)/t14-,15-;10-,11-;/m.0./s1. The summed E-state index contributed by atoms with van der Waals surface area (Å²) in [4.78, 5) is 24.5. The first-order valence-electron chi connectivity index (χ1n) is 20.5. The smallest absolute Gasteiger partial charge is 0.187 e. The molecule has 3 aromatic carbocycles. The topological polar surface area (TPSA) is 202 Å². The second-order valence-corrected chi connectivity index (χ2v) is 15.4. The van der Waals surface area contributed by atoms with Crippen LogP contribution in [0.25, 0.3) is 0 Å². The number of aliphatic hydroxyl groups excluding tert-OH is 3. The van der Waals surface area contributed by atoms with E-state index in [9.17, 15) is 5.11 Å². The maximum Gasteiger partial charge on any atom is 0.187 e. The third-order valence-electron chi connectivity index (χ3n) is 9.96. The summed E-state index contributed by atoms with van der Waals surface area (Å²) in [5.74, 6) is 6.61. The van der Waals surface area contributed by atoms with Crippen LogP contribution in [0.5, 0.6) is 34.5 Å². The van der Waals surface area contributed by atoms with Gasteiger partial charge >= 0.3 is 0 Å². The maximum atomic E-state index is 9.61. The van der Waals surface area contributed by atoms with Crippen LogP contribution in [0.1, 0.15) is 44.6 Å². The average molecular weight is 885 g/mol. The number of hydrogen-bond acceptors (Lipinski definition) is 15. The lowest BCUT2D eigenvalue weighted by Crippen LogP contribution is -2.28. The number of aryl methyl sites for hydroxylation is 1. The molecule has 62 heavy (non-hydrogen) atoms. The van der Waals surface area contributed by atoms with Crippen molar-refractivity contribution in [1.29, 1.82) is 0 Å². The molecule has 0 unspecified atom stereocenters. The number of ether oxygens (including phenoxy) is 3. The highest BCUT2D eigenvalue weighted by Gasteiger charge is 2.36. The van der Waals surface area contributed by atoms with Crippen LogP contribution in [0.4, 0.5) is 17.5 Å². The van der Waals surface area contributed by atoms with Crippen molar-refractivity contribution in [1.82, 2.24) is 29.9 Å². The van der Waals surface area contributed by atoms with Crippen LogP contribution < -0.4 is 30.2 Å². The second kappa shape index (κ2) is 24.0. The molecule has 3 aromatic heterocycles. The van der Waals surface area contributed by atoms with Gasteiger partial charge in [-0.3, -0.25) is 0 Å². The number of rotatable bonds is 16. The van der Waals surface area contributed by atoms with Gasteiger partial charge < -0.3 is 45.5 Å². The predicted octanol–water partition coefficient (Wildman–Crippen LogP) is 8.84. The first-order valence-corrected chi connectivity index (χ1v) is 21.2. The molecule has 326 valence electrons. The van der Waals surface area contributed by atoms with Gasteiger partial charge in [-0.2, -0.15) is 0 Å². The fourth-order valence-corrected chi connectivity index (χ4v) is 6.58. The van der Waals surface area contributed by atoms with Crippen molar-refractivity contribution < 1.29 is 29.5 Å². The molecule has 3 heterocycles. The van der Waals surface area contributed by atoms with Crippen LogP contribution >= 0.6 is 23.2 Å². The third-order valence-corrected chi connectivity index (χ3v) is 10.5. The number of nitrogens with zero attached hydrogens (tertiary/aromatic N) is 6. The van der Waals surface area contributed by atoms with Crippen molar-refractivity contribution in [2.45, 2.75) is 57.6 Å². The Bertz CT molecular complexity index is 2240. The molecule has 15 nitrogen and oxygen atoms in total. The fourth-order valence-electron chi connectivity index (χ4n) is 6.33. The van der Waals surface area contributed by atoms with E-state index in [1.54, 1.807) is 67.1 Å². The van der Waals surface area contributed by atoms with Gasteiger partial charge in [-0.15, -0.1) is 0 Å². The summed E-state index contributed by atoms with van der Waals surface area (Å²) in [5.41, 5.74) is 1.28. The Hall–Kier alpha value is -5.84. The van der Waals surface area contributed by atoms with Crippen molar-refractivity contribution in [3.8, 4) is 34.5 Å². The number of halogens is 2.